The molecule has 0 saturated heterocycles. The summed E-state index contributed by atoms with van der Waals surface area (Å²) in [4.78, 5) is 32.8. The van der Waals surface area contributed by atoms with Crippen molar-refractivity contribution in [2.45, 2.75) is 33.3 Å². The van der Waals surface area contributed by atoms with Crippen molar-refractivity contribution >= 4 is 17.7 Å². The van der Waals surface area contributed by atoms with Crippen LogP contribution in [-0.4, -0.2) is 40.8 Å². The number of carbonyl (C=O) groups excluding carboxylic acids is 1. The van der Waals surface area contributed by atoms with E-state index in [-0.39, 0.29) is 24.5 Å². The van der Waals surface area contributed by atoms with Gasteiger partial charge >= 0.3 is 17.7 Å². The average Bonchev–Trinajstić information content (AvgIpc) is 2.41. The van der Waals surface area contributed by atoms with Crippen LogP contribution in [0.5, 0.6) is 5.75 Å². The Morgan fingerprint density at radius 1 is 1.33 bits per heavy atom. The molecule has 1 amide bonds. The molecule has 9 heteroatoms. The van der Waals surface area contributed by atoms with E-state index in [0.29, 0.717) is 5.56 Å². The Hall–Kier alpha value is -2.84. The molecule has 2 N–H and O–H groups in total. The maximum absolute atomic E-state index is 11.5. The van der Waals surface area contributed by atoms with Gasteiger partial charge in [0.25, 0.3) is 0 Å². The van der Waals surface area contributed by atoms with E-state index < -0.39 is 28.3 Å². The molecule has 0 fully saturated rings. The number of hydrogen-bond donors (Lipinski definition) is 2. The fourth-order valence-electron chi connectivity index (χ4n) is 1.82. The second-order valence-corrected chi connectivity index (χ2v) is 5.98. The van der Waals surface area contributed by atoms with E-state index in [1.54, 1.807) is 20.8 Å². The summed E-state index contributed by atoms with van der Waals surface area (Å²) in [6.07, 6.45) is -0.626. The molecule has 0 radical (unpaired) electrons. The molecule has 0 bridgehead atoms. The lowest BCUT2D eigenvalue weighted by molar-refractivity contribution is -0.385. The molecule has 0 heterocycles. The third-order valence-corrected chi connectivity index (χ3v) is 2.72. The van der Waals surface area contributed by atoms with Crippen LogP contribution in [0.3, 0.4) is 0 Å². The highest BCUT2D eigenvalue weighted by Gasteiger charge is 2.22. The number of nitro groups is 1. The van der Waals surface area contributed by atoms with E-state index in [4.69, 9.17) is 14.6 Å². The molecule has 9 nitrogen and oxygen atoms in total. The van der Waals surface area contributed by atoms with Crippen LogP contribution in [0.25, 0.3) is 0 Å². The number of alkyl carbamates (subject to hydrolysis) is 1. The van der Waals surface area contributed by atoms with Crippen LogP contribution in [0, 0.1) is 17.0 Å². The standard InChI is InChI=1S/C15H20N2O7/c1-9-7-10(13(18)19)8-11(17(21)22)12(9)23-6-5-16-14(20)24-15(2,3)4/h7-8H,5-6H2,1-4H3,(H,16,20)(H,18,19). The highest BCUT2D eigenvalue weighted by molar-refractivity contribution is 5.89. The Morgan fingerprint density at radius 2 is 1.96 bits per heavy atom. The minimum absolute atomic E-state index is 0.0315. The molecular formula is C15H20N2O7. The average molecular weight is 340 g/mol. The SMILES string of the molecule is Cc1cc(C(=O)O)cc([N+](=O)[O-])c1OCCNC(=O)OC(C)(C)C. The summed E-state index contributed by atoms with van der Waals surface area (Å²) in [7, 11) is 0. The molecule has 0 aliphatic carbocycles. The lowest BCUT2D eigenvalue weighted by atomic mass is 10.1. The predicted octanol–water partition coefficient (Wildman–Crippen LogP) is 2.50. The van der Waals surface area contributed by atoms with Crippen LogP contribution >= 0.6 is 0 Å². The summed E-state index contributed by atoms with van der Waals surface area (Å²) in [5, 5.41) is 22.5. The van der Waals surface area contributed by atoms with Gasteiger partial charge in [-0.15, -0.1) is 0 Å². The van der Waals surface area contributed by atoms with Crippen molar-refractivity contribution in [2.24, 2.45) is 0 Å². The van der Waals surface area contributed by atoms with Crippen LogP contribution in [0.15, 0.2) is 12.1 Å². The van der Waals surface area contributed by atoms with E-state index in [9.17, 15) is 19.7 Å². The molecule has 132 valence electrons. The Morgan fingerprint density at radius 3 is 2.46 bits per heavy atom. The van der Waals surface area contributed by atoms with Gasteiger partial charge < -0.3 is 19.9 Å². The Labute approximate surface area is 138 Å². The maximum atomic E-state index is 11.5. The number of nitrogens with zero attached hydrogens (tertiary/aromatic N) is 1. The van der Waals surface area contributed by atoms with Crippen molar-refractivity contribution in [2.75, 3.05) is 13.2 Å². The van der Waals surface area contributed by atoms with Gasteiger partial charge in [-0.1, -0.05) is 0 Å². The number of carbonyl (C=O) groups is 2. The van der Waals surface area contributed by atoms with Crippen LogP contribution in [0.4, 0.5) is 10.5 Å². The van der Waals surface area contributed by atoms with E-state index in [1.165, 1.54) is 13.0 Å². The molecular weight excluding hydrogens is 320 g/mol. The van der Waals surface area contributed by atoms with Gasteiger partial charge in [-0.25, -0.2) is 9.59 Å². The van der Waals surface area contributed by atoms with Gasteiger partial charge in [-0.05, 0) is 39.3 Å². The van der Waals surface area contributed by atoms with Gasteiger partial charge in [0.05, 0.1) is 17.0 Å². The largest absolute Gasteiger partial charge is 0.485 e. The number of hydrogen-bond acceptors (Lipinski definition) is 6. The van der Waals surface area contributed by atoms with Gasteiger partial charge in [0.1, 0.15) is 12.2 Å². The summed E-state index contributed by atoms with van der Waals surface area (Å²) in [6.45, 7) is 6.72. The number of aromatic carboxylic acids is 1. The van der Waals surface area contributed by atoms with E-state index >= 15 is 0 Å². The molecule has 1 aromatic carbocycles. The first kappa shape index (κ1) is 19.2. The number of benzene rings is 1. The number of nitrogens with one attached hydrogen (secondary N) is 1. The molecule has 24 heavy (non-hydrogen) atoms. The minimum Gasteiger partial charge on any atom is -0.485 e. The first-order valence-electron chi connectivity index (χ1n) is 7.13. The highest BCUT2D eigenvalue weighted by atomic mass is 16.6. The van der Waals surface area contributed by atoms with E-state index in [0.717, 1.165) is 6.07 Å². The van der Waals surface area contributed by atoms with Gasteiger partial charge in [0, 0.05) is 6.07 Å². The fraction of sp³-hybridized carbons (Fsp3) is 0.467. The minimum atomic E-state index is -1.26. The number of nitro benzene ring substituents is 1. The fourth-order valence-corrected chi connectivity index (χ4v) is 1.82. The van der Waals surface area contributed by atoms with Crippen molar-refractivity contribution < 1.29 is 29.1 Å². The van der Waals surface area contributed by atoms with Gasteiger partial charge in [0.15, 0.2) is 5.75 Å². The molecule has 0 aliphatic heterocycles. The normalized spacial score (nSPS) is 10.8. The summed E-state index contributed by atoms with van der Waals surface area (Å²) in [6, 6.07) is 2.22. The highest BCUT2D eigenvalue weighted by Crippen LogP contribution is 2.32. The lowest BCUT2D eigenvalue weighted by Gasteiger charge is -2.19. The number of amides is 1. The number of ether oxygens (including phenoxy) is 2. The van der Waals surface area contributed by atoms with Crippen LogP contribution in [0.1, 0.15) is 36.7 Å². The molecule has 0 saturated carbocycles. The molecule has 1 rings (SSSR count). The lowest BCUT2D eigenvalue weighted by Crippen LogP contribution is -2.34. The van der Waals surface area contributed by atoms with Crippen molar-refractivity contribution in [1.29, 1.82) is 0 Å². The summed E-state index contributed by atoms with van der Waals surface area (Å²) in [5.74, 6) is -1.30. The number of carboxylic acids is 1. The number of rotatable bonds is 6. The number of carboxylic acid groups (broad SMARTS) is 1. The zero-order valence-corrected chi connectivity index (χ0v) is 13.9. The number of aryl methyl sites for hydroxylation is 1. The third kappa shape index (κ3) is 5.75. The molecule has 0 aromatic heterocycles. The molecule has 1 aromatic rings. The topological polar surface area (TPSA) is 128 Å². The van der Waals surface area contributed by atoms with Gasteiger partial charge in [-0.2, -0.15) is 0 Å². The Bertz CT molecular complexity index is 650. The summed E-state index contributed by atoms with van der Waals surface area (Å²) >= 11 is 0. The van der Waals surface area contributed by atoms with Crippen molar-refractivity contribution in [3.8, 4) is 5.75 Å². The zero-order valence-electron chi connectivity index (χ0n) is 13.9. The van der Waals surface area contributed by atoms with Crippen molar-refractivity contribution in [3.05, 3.63) is 33.4 Å². The smallest absolute Gasteiger partial charge is 0.407 e. The van der Waals surface area contributed by atoms with Crippen molar-refractivity contribution in [1.82, 2.24) is 5.32 Å². The molecule has 0 unspecified atom stereocenters. The van der Waals surface area contributed by atoms with Crippen LogP contribution in [-0.2, 0) is 4.74 Å². The van der Waals surface area contributed by atoms with Crippen LogP contribution in [0.2, 0.25) is 0 Å². The monoisotopic (exact) mass is 340 g/mol. The molecule has 0 aliphatic rings. The second-order valence-electron chi connectivity index (χ2n) is 5.98. The Balaban J connectivity index is 2.73. The summed E-state index contributed by atoms with van der Waals surface area (Å²) < 4.78 is 10.4. The second kappa shape index (κ2) is 7.62. The zero-order chi connectivity index (χ0) is 18.5. The van der Waals surface area contributed by atoms with Gasteiger partial charge in [0.2, 0.25) is 0 Å². The van der Waals surface area contributed by atoms with Crippen LogP contribution < -0.4 is 10.1 Å². The quantitative estimate of drug-likeness (QED) is 0.462. The predicted molar refractivity (Wildman–Crippen MR) is 84.5 cm³/mol. The van der Waals surface area contributed by atoms with Crippen molar-refractivity contribution in [3.63, 3.8) is 0 Å². The first-order chi connectivity index (χ1) is 11.0. The third-order valence-electron chi connectivity index (χ3n) is 2.72. The van der Waals surface area contributed by atoms with E-state index in [2.05, 4.69) is 5.32 Å². The first-order valence-corrected chi connectivity index (χ1v) is 7.13. The summed E-state index contributed by atoms with van der Waals surface area (Å²) in [5.41, 5.74) is -0.950. The van der Waals surface area contributed by atoms with E-state index in [1.807, 2.05) is 0 Å². The van der Waals surface area contributed by atoms with Gasteiger partial charge in [-0.3, -0.25) is 10.1 Å². The molecule has 0 spiro atoms. The Kier molecular flexibility index (Phi) is 6.10. The maximum Gasteiger partial charge on any atom is 0.407 e. The molecule has 0 atom stereocenters.